The van der Waals surface area contributed by atoms with Gasteiger partial charge < -0.3 is 16.0 Å². The van der Waals surface area contributed by atoms with E-state index in [9.17, 15) is 4.79 Å². The molecule has 5 heteroatoms. The van der Waals surface area contributed by atoms with Gasteiger partial charge in [-0.2, -0.15) is 0 Å². The third-order valence-corrected chi connectivity index (χ3v) is 2.48. The van der Waals surface area contributed by atoms with Crippen LogP contribution in [0.1, 0.15) is 40.5 Å². The number of hydrogen-bond acceptors (Lipinski definition) is 4. The molecule has 3 N–H and O–H groups in total. The Morgan fingerprint density at radius 1 is 1.15 bits per heavy atom. The summed E-state index contributed by atoms with van der Waals surface area (Å²) < 4.78 is 0. The van der Waals surface area contributed by atoms with E-state index in [-0.39, 0.29) is 11.4 Å². The Labute approximate surface area is 121 Å². The Morgan fingerprint density at radius 3 is 2.30 bits per heavy atom. The summed E-state index contributed by atoms with van der Waals surface area (Å²) in [6.07, 6.45) is 1.50. The van der Waals surface area contributed by atoms with Crippen molar-refractivity contribution in [3.8, 4) is 0 Å². The summed E-state index contributed by atoms with van der Waals surface area (Å²) >= 11 is 0. The molecule has 112 valence electrons. The maximum Gasteiger partial charge on any atom is 0.222 e. The van der Waals surface area contributed by atoms with Crippen molar-refractivity contribution in [1.82, 2.24) is 10.3 Å². The Bertz CT molecular complexity index is 426. The SMILES string of the molecule is CCCNc1cccc(NCCC(=O)NC(C)(C)C)n1. The molecule has 5 nitrogen and oxygen atoms in total. The average molecular weight is 278 g/mol. The van der Waals surface area contributed by atoms with E-state index >= 15 is 0 Å². The van der Waals surface area contributed by atoms with Crippen LogP contribution in [0.5, 0.6) is 0 Å². The molecule has 0 fully saturated rings. The van der Waals surface area contributed by atoms with E-state index in [2.05, 4.69) is 27.9 Å². The van der Waals surface area contributed by atoms with Crippen molar-refractivity contribution in [2.24, 2.45) is 0 Å². The van der Waals surface area contributed by atoms with Crippen molar-refractivity contribution in [2.75, 3.05) is 23.7 Å². The molecule has 0 aromatic carbocycles. The van der Waals surface area contributed by atoms with E-state index in [1.54, 1.807) is 0 Å². The summed E-state index contributed by atoms with van der Waals surface area (Å²) in [5.41, 5.74) is -0.181. The second-order valence-electron chi connectivity index (χ2n) is 5.81. The second kappa shape index (κ2) is 7.72. The first-order chi connectivity index (χ1) is 9.40. The van der Waals surface area contributed by atoms with Gasteiger partial charge in [-0.05, 0) is 39.3 Å². The Balaban J connectivity index is 2.36. The molecule has 0 aliphatic rings. The van der Waals surface area contributed by atoms with Gasteiger partial charge in [-0.1, -0.05) is 13.0 Å². The summed E-state index contributed by atoms with van der Waals surface area (Å²) in [5, 5.41) is 9.33. The number of anilines is 2. The number of pyridine rings is 1. The van der Waals surface area contributed by atoms with E-state index in [0.29, 0.717) is 13.0 Å². The first kappa shape index (κ1) is 16.3. The molecule has 1 rings (SSSR count). The van der Waals surface area contributed by atoms with Crippen molar-refractivity contribution in [2.45, 2.75) is 46.1 Å². The lowest BCUT2D eigenvalue weighted by Gasteiger charge is -2.20. The minimum absolute atomic E-state index is 0.0465. The molecule has 20 heavy (non-hydrogen) atoms. The van der Waals surface area contributed by atoms with Crippen LogP contribution in [0.25, 0.3) is 0 Å². The molecule has 0 saturated heterocycles. The topological polar surface area (TPSA) is 66.0 Å². The van der Waals surface area contributed by atoms with Crippen molar-refractivity contribution >= 4 is 17.5 Å². The van der Waals surface area contributed by atoms with Gasteiger partial charge >= 0.3 is 0 Å². The van der Waals surface area contributed by atoms with Crippen LogP contribution in [0.15, 0.2) is 18.2 Å². The molecule has 0 bridgehead atoms. The van der Waals surface area contributed by atoms with Crippen molar-refractivity contribution < 1.29 is 4.79 Å². The zero-order chi connectivity index (χ0) is 15.0. The van der Waals surface area contributed by atoms with Gasteiger partial charge in [0.2, 0.25) is 5.91 Å². The molecule has 0 spiro atoms. The van der Waals surface area contributed by atoms with Gasteiger partial charge in [0.25, 0.3) is 0 Å². The van der Waals surface area contributed by atoms with Gasteiger partial charge in [0.1, 0.15) is 11.6 Å². The monoisotopic (exact) mass is 278 g/mol. The van der Waals surface area contributed by atoms with Crippen LogP contribution >= 0.6 is 0 Å². The smallest absolute Gasteiger partial charge is 0.222 e. The highest BCUT2D eigenvalue weighted by molar-refractivity contribution is 5.77. The van der Waals surface area contributed by atoms with Crippen LogP contribution < -0.4 is 16.0 Å². The highest BCUT2D eigenvalue weighted by atomic mass is 16.1. The summed E-state index contributed by atoms with van der Waals surface area (Å²) in [6, 6.07) is 5.79. The van der Waals surface area contributed by atoms with Gasteiger partial charge in [-0.25, -0.2) is 4.98 Å². The Kier molecular flexibility index (Phi) is 6.28. The number of carbonyl (C=O) groups excluding carboxylic acids is 1. The Hall–Kier alpha value is -1.78. The number of amides is 1. The lowest BCUT2D eigenvalue weighted by atomic mass is 10.1. The van der Waals surface area contributed by atoms with Crippen LogP contribution in [0.2, 0.25) is 0 Å². The van der Waals surface area contributed by atoms with Crippen molar-refractivity contribution in [1.29, 1.82) is 0 Å². The minimum atomic E-state index is -0.181. The maximum atomic E-state index is 11.7. The standard InChI is InChI=1S/C15H26N4O/c1-5-10-16-12-7-6-8-13(18-12)17-11-9-14(20)19-15(2,3)4/h6-8H,5,9-11H2,1-4H3,(H,19,20)(H2,16,17,18). The first-order valence-corrected chi connectivity index (χ1v) is 7.16. The molecule has 0 saturated carbocycles. The number of nitrogens with one attached hydrogen (secondary N) is 3. The fraction of sp³-hybridized carbons (Fsp3) is 0.600. The van der Waals surface area contributed by atoms with Gasteiger partial charge in [0.05, 0.1) is 0 Å². The van der Waals surface area contributed by atoms with Crippen molar-refractivity contribution in [3.63, 3.8) is 0 Å². The third-order valence-electron chi connectivity index (χ3n) is 2.48. The van der Waals surface area contributed by atoms with Crippen LogP contribution in [-0.2, 0) is 4.79 Å². The summed E-state index contributed by atoms with van der Waals surface area (Å²) in [7, 11) is 0. The van der Waals surface area contributed by atoms with E-state index in [0.717, 1.165) is 24.6 Å². The predicted octanol–water partition coefficient (Wildman–Crippen LogP) is 2.62. The van der Waals surface area contributed by atoms with Crippen LogP contribution in [0.4, 0.5) is 11.6 Å². The van der Waals surface area contributed by atoms with Gasteiger partial charge in [0, 0.05) is 25.0 Å². The quantitative estimate of drug-likeness (QED) is 0.717. The number of nitrogens with zero attached hydrogens (tertiary/aromatic N) is 1. The van der Waals surface area contributed by atoms with E-state index < -0.39 is 0 Å². The average Bonchev–Trinajstić information content (AvgIpc) is 2.34. The second-order valence-corrected chi connectivity index (χ2v) is 5.81. The maximum absolute atomic E-state index is 11.7. The Morgan fingerprint density at radius 2 is 1.75 bits per heavy atom. The van der Waals surface area contributed by atoms with E-state index in [4.69, 9.17) is 0 Å². The predicted molar refractivity (Wildman–Crippen MR) is 84.0 cm³/mol. The first-order valence-electron chi connectivity index (χ1n) is 7.16. The lowest BCUT2D eigenvalue weighted by molar-refractivity contribution is -0.122. The minimum Gasteiger partial charge on any atom is -0.370 e. The molecular weight excluding hydrogens is 252 g/mol. The summed E-state index contributed by atoms with van der Waals surface area (Å²) in [6.45, 7) is 9.52. The highest BCUT2D eigenvalue weighted by Crippen LogP contribution is 2.09. The highest BCUT2D eigenvalue weighted by Gasteiger charge is 2.12. The fourth-order valence-electron chi connectivity index (χ4n) is 1.67. The van der Waals surface area contributed by atoms with Crippen LogP contribution in [0, 0.1) is 0 Å². The summed E-state index contributed by atoms with van der Waals surface area (Å²) in [5.74, 6) is 1.69. The zero-order valence-electron chi connectivity index (χ0n) is 12.9. The van der Waals surface area contributed by atoms with Gasteiger partial charge in [0.15, 0.2) is 0 Å². The molecule has 0 unspecified atom stereocenters. The summed E-state index contributed by atoms with van der Waals surface area (Å²) in [4.78, 5) is 16.1. The van der Waals surface area contributed by atoms with Gasteiger partial charge in [-0.3, -0.25) is 4.79 Å². The lowest BCUT2D eigenvalue weighted by Crippen LogP contribution is -2.41. The number of aromatic nitrogens is 1. The molecule has 1 aromatic heterocycles. The zero-order valence-corrected chi connectivity index (χ0v) is 12.9. The van der Waals surface area contributed by atoms with Crippen molar-refractivity contribution in [3.05, 3.63) is 18.2 Å². The third kappa shape index (κ3) is 6.97. The number of carbonyl (C=O) groups is 1. The van der Waals surface area contributed by atoms with E-state index in [1.165, 1.54) is 0 Å². The largest absolute Gasteiger partial charge is 0.370 e. The molecule has 1 amide bonds. The molecule has 0 aliphatic carbocycles. The number of hydrogen-bond donors (Lipinski definition) is 3. The normalized spacial score (nSPS) is 11.0. The van der Waals surface area contributed by atoms with E-state index in [1.807, 2.05) is 39.0 Å². The molecule has 0 atom stereocenters. The molecule has 1 aromatic rings. The number of rotatable bonds is 7. The molecule has 0 aliphatic heterocycles. The van der Waals surface area contributed by atoms with Gasteiger partial charge in [-0.15, -0.1) is 0 Å². The fourth-order valence-corrected chi connectivity index (χ4v) is 1.67. The molecular formula is C15H26N4O. The molecule has 1 heterocycles. The van der Waals surface area contributed by atoms with Crippen LogP contribution in [0.3, 0.4) is 0 Å². The van der Waals surface area contributed by atoms with Crippen LogP contribution in [-0.4, -0.2) is 29.5 Å². The molecule has 0 radical (unpaired) electrons.